The predicted molar refractivity (Wildman–Crippen MR) is 134 cm³/mol. The van der Waals surface area contributed by atoms with Crippen molar-refractivity contribution in [1.82, 2.24) is 10.3 Å². The number of carbonyl (C=O) groups is 2. The number of benzene rings is 1. The molecule has 0 unspecified atom stereocenters. The summed E-state index contributed by atoms with van der Waals surface area (Å²) in [6.07, 6.45) is 9.07. The number of nitrogens with zero attached hydrogens (tertiary/aromatic N) is 1. The summed E-state index contributed by atoms with van der Waals surface area (Å²) >= 11 is 0. The SMILES string of the molecule is CCOC(=O)N[C@@H]1CC[C@H]2[C@H](C1)C[C@@H]1C(=O)O[C@@H](C)[C@H]1[C@H]2C=Cc1ccc(-c2cccc(F)c2)cn1. The second kappa shape index (κ2) is 10.4. The number of hydrogen-bond donors (Lipinski definition) is 1. The third kappa shape index (κ3) is 5.01. The minimum atomic E-state index is -0.368. The molecule has 2 aliphatic carbocycles. The number of hydrogen-bond acceptors (Lipinski definition) is 5. The lowest BCUT2D eigenvalue weighted by atomic mass is 9.57. The molecule has 36 heavy (non-hydrogen) atoms. The van der Waals surface area contributed by atoms with Crippen molar-refractivity contribution in [2.24, 2.45) is 29.6 Å². The van der Waals surface area contributed by atoms with E-state index in [1.54, 1.807) is 19.2 Å². The van der Waals surface area contributed by atoms with Crippen molar-refractivity contribution < 1.29 is 23.5 Å². The number of amides is 1. The predicted octanol–water partition coefficient (Wildman–Crippen LogP) is 5.63. The Kier molecular flexibility index (Phi) is 7.08. The normalized spacial score (nSPS) is 31.4. The molecule has 1 aliphatic heterocycles. The molecule has 3 aliphatic rings. The molecule has 6 nitrogen and oxygen atoms in total. The van der Waals surface area contributed by atoms with Crippen molar-refractivity contribution in [2.45, 2.75) is 51.7 Å². The maximum Gasteiger partial charge on any atom is 0.407 e. The van der Waals surface area contributed by atoms with Crippen LogP contribution in [0.25, 0.3) is 17.2 Å². The third-order valence-electron chi connectivity index (χ3n) is 8.18. The van der Waals surface area contributed by atoms with Gasteiger partial charge in [0.2, 0.25) is 0 Å². The van der Waals surface area contributed by atoms with Crippen molar-refractivity contribution in [3.8, 4) is 11.1 Å². The van der Waals surface area contributed by atoms with Gasteiger partial charge in [-0.05, 0) is 87.1 Å². The van der Waals surface area contributed by atoms with Crippen LogP contribution in [-0.4, -0.2) is 35.8 Å². The third-order valence-corrected chi connectivity index (χ3v) is 8.18. The Morgan fingerprint density at radius 3 is 2.83 bits per heavy atom. The average Bonchev–Trinajstić information content (AvgIpc) is 3.15. The Morgan fingerprint density at radius 1 is 1.22 bits per heavy atom. The summed E-state index contributed by atoms with van der Waals surface area (Å²) in [5.74, 6) is 0.629. The summed E-state index contributed by atoms with van der Waals surface area (Å²) in [7, 11) is 0. The second-order valence-electron chi connectivity index (χ2n) is 10.3. The Morgan fingerprint density at radius 2 is 2.08 bits per heavy atom. The maximum atomic E-state index is 13.6. The van der Waals surface area contributed by atoms with Gasteiger partial charge in [0, 0.05) is 23.7 Å². The number of esters is 1. The van der Waals surface area contributed by atoms with Crippen LogP contribution in [0.2, 0.25) is 0 Å². The van der Waals surface area contributed by atoms with Crippen molar-refractivity contribution in [3.63, 3.8) is 0 Å². The van der Waals surface area contributed by atoms with Gasteiger partial charge >= 0.3 is 12.1 Å². The summed E-state index contributed by atoms with van der Waals surface area (Å²) in [6.45, 7) is 4.15. The van der Waals surface area contributed by atoms with Crippen LogP contribution in [0.1, 0.15) is 45.2 Å². The van der Waals surface area contributed by atoms with E-state index in [2.05, 4.69) is 16.4 Å². The maximum absolute atomic E-state index is 13.6. The summed E-state index contributed by atoms with van der Waals surface area (Å²) < 4.78 is 24.3. The van der Waals surface area contributed by atoms with E-state index in [4.69, 9.17) is 9.47 Å². The molecule has 0 bridgehead atoms. The van der Waals surface area contributed by atoms with E-state index in [1.165, 1.54) is 12.1 Å². The monoisotopic (exact) mass is 492 g/mol. The van der Waals surface area contributed by atoms with E-state index in [-0.39, 0.29) is 47.8 Å². The molecule has 3 fully saturated rings. The van der Waals surface area contributed by atoms with Crippen LogP contribution in [0.4, 0.5) is 9.18 Å². The van der Waals surface area contributed by atoms with Gasteiger partial charge in [-0.1, -0.05) is 24.3 Å². The molecule has 1 aromatic carbocycles. The molecular weight excluding hydrogens is 459 g/mol. The molecule has 2 heterocycles. The van der Waals surface area contributed by atoms with Crippen molar-refractivity contribution in [1.29, 1.82) is 0 Å². The highest BCUT2D eigenvalue weighted by atomic mass is 19.1. The van der Waals surface area contributed by atoms with Crippen LogP contribution in [-0.2, 0) is 14.3 Å². The number of alkyl carbamates (subject to hydrolysis) is 1. The molecule has 1 amide bonds. The molecule has 1 saturated heterocycles. The first-order chi connectivity index (χ1) is 17.4. The Balaban J connectivity index is 1.34. The smallest absolute Gasteiger partial charge is 0.407 e. The van der Waals surface area contributed by atoms with Crippen LogP contribution in [0.15, 0.2) is 48.7 Å². The van der Waals surface area contributed by atoms with Gasteiger partial charge in [-0.3, -0.25) is 9.78 Å². The fourth-order valence-corrected chi connectivity index (χ4v) is 6.64. The largest absolute Gasteiger partial charge is 0.462 e. The van der Waals surface area contributed by atoms with E-state index in [0.717, 1.165) is 42.5 Å². The van der Waals surface area contributed by atoms with Crippen molar-refractivity contribution in [2.75, 3.05) is 6.61 Å². The fourth-order valence-electron chi connectivity index (χ4n) is 6.64. The Labute approximate surface area is 211 Å². The van der Waals surface area contributed by atoms with E-state index in [9.17, 15) is 14.0 Å². The average molecular weight is 493 g/mol. The standard InChI is InChI=1S/C29H33FN2O4/c1-3-35-29(34)32-23-10-11-24-20(14-23)15-26-27(17(2)36-28(26)33)25(24)12-9-22-8-7-19(16-31-22)18-5-4-6-21(30)13-18/h4-9,12-13,16-17,20,23-27H,3,10-11,14-15H2,1-2H3,(H,32,34)/t17-,20+,23+,24-,25-,26-,27-/m0/s1. The molecule has 0 spiro atoms. The summed E-state index contributed by atoms with van der Waals surface area (Å²) in [5, 5.41) is 3.00. The Hall–Kier alpha value is -3.22. The summed E-state index contributed by atoms with van der Waals surface area (Å²) in [5.41, 5.74) is 2.48. The van der Waals surface area contributed by atoms with Gasteiger partial charge < -0.3 is 14.8 Å². The number of halogens is 1. The number of cyclic esters (lactones) is 1. The molecule has 5 rings (SSSR count). The molecule has 0 radical (unpaired) electrons. The van der Waals surface area contributed by atoms with E-state index < -0.39 is 0 Å². The van der Waals surface area contributed by atoms with Crippen LogP contribution in [0.5, 0.6) is 0 Å². The first kappa shape index (κ1) is 24.5. The van der Waals surface area contributed by atoms with Crippen LogP contribution in [0.3, 0.4) is 0 Å². The lowest BCUT2D eigenvalue weighted by Gasteiger charge is -2.47. The molecule has 7 heteroatoms. The van der Waals surface area contributed by atoms with Crippen molar-refractivity contribution >= 4 is 18.1 Å². The highest BCUT2D eigenvalue weighted by Crippen LogP contribution is 2.53. The number of fused-ring (bicyclic) bond motifs is 2. The molecule has 2 saturated carbocycles. The molecule has 7 atom stereocenters. The number of aromatic nitrogens is 1. The Bertz CT molecular complexity index is 1130. The molecule has 1 N–H and O–H groups in total. The van der Waals surface area contributed by atoms with Gasteiger partial charge in [-0.15, -0.1) is 0 Å². The number of pyridine rings is 1. The zero-order valence-electron chi connectivity index (χ0n) is 20.7. The molecular formula is C29H33FN2O4. The van der Waals surface area contributed by atoms with Gasteiger partial charge in [0.15, 0.2) is 0 Å². The van der Waals surface area contributed by atoms with Crippen LogP contribution >= 0.6 is 0 Å². The van der Waals surface area contributed by atoms with Crippen molar-refractivity contribution in [3.05, 3.63) is 60.2 Å². The minimum absolute atomic E-state index is 0.0679. The first-order valence-electron chi connectivity index (χ1n) is 13.0. The van der Waals surface area contributed by atoms with Crippen LogP contribution < -0.4 is 5.32 Å². The summed E-state index contributed by atoms with van der Waals surface area (Å²) in [6, 6.07) is 10.4. The molecule has 190 valence electrons. The van der Waals surface area contributed by atoms with E-state index >= 15 is 0 Å². The van der Waals surface area contributed by atoms with Gasteiger partial charge in [0.05, 0.1) is 18.2 Å². The zero-order chi connectivity index (χ0) is 25.2. The topological polar surface area (TPSA) is 77.5 Å². The van der Waals surface area contributed by atoms with E-state index in [1.807, 2.05) is 31.2 Å². The number of carbonyl (C=O) groups excluding carboxylic acids is 2. The quantitative estimate of drug-likeness (QED) is 0.548. The highest BCUT2D eigenvalue weighted by molar-refractivity contribution is 5.75. The first-order valence-corrected chi connectivity index (χ1v) is 13.0. The lowest BCUT2D eigenvalue weighted by molar-refractivity contribution is -0.144. The van der Waals surface area contributed by atoms with Gasteiger partial charge in [0.1, 0.15) is 11.9 Å². The minimum Gasteiger partial charge on any atom is -0.462 e. The number of rotatable bonds is 5. The molecule has 2 aromatic rings. The van der Waals surface area contributed by atoms with Gasteiger partial charge in [0.25, 0.3) is 0 Å². The van der Waals surface area contributed by atoms with E-state index in [0.29, 0.717) is 18.4 Å². The highest BCUT2D eigenvalue weighted by Gasteiger charge is 2.54. The number of allylic oxidation sites excluding steroid dienone is 1. The van der Waals surface area contributed by atoms with Crippen LogP contribution in [0, 0.1) is 35.4 Å². The second-order valence-corrected chi connectivity index (χ2v) is 10.3. The lowest BCUT2D eigenvalue weighted by Crippen LogP contribution is -2.48. The fraction of sp³-hybridized carbons (Fsp3) is 0.483. The van der Waals surface area contributed by atoms with Gasteiger partial charge in [-0.25, -0.2) is 9.18 Å². The summed E-state index contributed by atoms with van der Waals surface area (Å²) in [4.78, 5) is 29.2. The number of nitrogens with one attached hydrogen (secondary N) is 1. The van der Waals surface area contributed by atoms with Gasteiger partial charge in [-0.2, -0.15) is 0 Å². The zero-order valence-corrected chi connectivity index (χ0v) is 20.7. The number of ether oxygens (including phenoxy) is 2. The molecule has 1 aromatic heterocycles.